The summed E-state index contributed by atoms with van der Waals surface area (Å²) in [5, 5.41) is 1.13. The number of hydrogen-bond acceptors (Lipinski definition) is 4. The highest BCUT2D eigenvalue weighted by Crippen LogP contribution is 2.34. The van der Waals surface area contributed by atoms with E-state index < -0.39 is 0 Å². The van der Waals surface area contributed by atoms with E-state index in [9.17, 15) is 9.59 Å². The van der Waals surface area contributed by atoms with Gasteiger partial charge in [-0.15, -0.1) is 0 Å². The molecule has 4 nitrogen and oxygen atoms in total. The lowest BCUT2D eigenvalue weighted by Crippen LogP contribution is -2.34. The molecule has 1 aromatic carbocycles. The van der Waals surface area contributed by atoms with E-state index in [2.05, 4.69) is 5.48 Å². The Morgan fingerprint density at radius 2 is 1.88 bits per heavy atom. The molecule has 1 N–H and O–H groups in total. The predicted octanol–water partition coefficient (Wildman–Crippen LogP) is 5.15. The molecule has 1 aliphatic rings. The van der Waals surface area contributed by atoms with Crippen LogP contribution in [-0.4, -0.2) is 18.2 Å². The highest BCUT2D eigenvalue weighted by atomic mass is 35.5. The maximum Gasteiger partial charge on any atom is 0.168 e. The average molecular weight is 396 g/mol. The molecule has 1 aromatic rings. The third-order valence-corrected chi connectivity index (χ3v) is 4.69. The van der Waals surface area contributed by atoms with Gasteiger partial charge in [0.05, 0.1) is 17.9 Å². The third-order valence-electron chi connectivity index (χ3n) is 4.13. The normalized spacial score (nSPS) is 17.0. The summed E-state index contributed by atoms with van der Waals surface area (Å²) in [6.07, 6.45) is 4.86. The first-order valence-corrected chi connectivity index (χ1v) is 9.28. The molecule has 0 bridgehead atoms. The number of carbonyl (C=O) groups excluding carboxylic acids is 2. The Bertz CT molecular complexity index is 744. The van der Waals surface area contributed by atoms with Crippen LogP contribution >= 0.6 is 23.2 Å². The number of hydrogen-bond donors (Lipinski definition) is 1. The Morgan fingerprint density at radius 1 is 1.23 bits per heavy atom. The molecule has 0 spiro atoms. The average Bonchev–Trinajstić information content (AvgIpc) is 2.52. The van der Waals surface area contributed by atoms with Crippen molar-refractivity contribution in [2.24, 2.45) is 5.41 Å². The van der Waals surface area contributed by atoms with E-state index in [1.165, 1.54) is 0 Å². The first kappa shape index (κ1) is 20.7. The van der Waals surface area contributed by atoms with Gasteiger partial charge in [-0.1, -0.05) is 62.2 Å². The van der Waals surface area contributed by atoms with E-state index in [-0.39, 0.29) is 29.2 Å². The summed E-state index contributed by atoms with van der Waals surface area (Å²) in [5.74, 6) is -0.245. The number of benzene rings is 1. The van der Waals surface area contributed by atoms with Crippen molar-refractivity contribution in [3.63, 3.8) is 0 Å². The van der Waals surface area contributed by atoms with Crippen molar-refractivity contribution in [3.05, 3.63) is 51.2 Å². The van der Waals surface area contributed by atoms with Gasteiger partial charge in [-0.05, 0) is 29.5 Å². The van der Waals surface area contributed by atoms with E-state index in [0.29, 0.717) is 35.0 Å². The van der Waals surface area contributed by atoms with Crippen molar-refractivity contribution in [3.8, 4) is 0 Å². The Labute approximate surface area is 164 Å². The van der Waals surface area contributed by atoms with Gasteiger partial charge in [0.15, 0.2) is 11.6 Å². The molecule has 1 aliphatic carbocycles. The third kappa shape index (κ3) is 5.44. The molecule has 0 aromatic heterocycles. The van der Waals surface area contributed by atoms with Gasteiger partial charge in [-0.2, -0.15) is 0 Å². The summed E-state index contributed by atoms with van der Waals surface area (Å²) >= 11 is 12.0. The van der Waals surface area contributed by atoms with Gasteiger partial charge in [0.1, 0.15) is 0 Å². The summed E-state index contributed by atoms with van der Waals surface area (Å²) in [6.45, 7) is 6.00. The largest absolute Gasteiger partial charge is 0.294 e. The topological polar surface area (TPSA) is 55.4 Å². The van der Waals surface area contributed by atoms with Gasteiger partial charge in [0.2, 0.25) is 0 Å². The first-order valence-electron chi connectivity index (χ1n) is 8.52. The molecule has 2 rings (SSSR count). The van der Waals surface area contributed by atoms with E-state index in [1.807, 2.05) is 32.9 Å². The Kier molecular flexibility index (Phi) is 7.04. The second kappa shape index (κ2) is 8.85. The quantitative estimate of drug-likeness (QED) is 0.313. The van der Waals surface area contributed by atoms with Crippen LogP contribution < -0.4 is 5.48 Å². The van der Waals surface area contributed by atoms with Crippen molar-refractivity contribution in [1.82, 2.24) is 5.48 Å². The molecule has 6 heteroatoms. The number of halogens is 2. The number of rotatable bonds is 6. The molecule has 0 amide bonds. The minimum atomic E-state index is -0.280. The van der Waals surface area contributed by atoms with Crippen LogP contribution in [0.4, 0.5) is 0 Å². The fraction of sp³-hybridized carbons (Fsp3) is 0.400. The van der Waals surface area contributed by atoms with Crippen LogP contribution in [0.5, 0.6) is 0 Å². The van der Waals surface area contributed by atoms with Gasteiger partial charge < -0.3 is 0 Å². The summed E-state index contributed by atoms with van der Waals surface area (Å²) in [6, 6.07) is 5.24. The molecule has 1 saturated carbocycles. The fourth-order valence-electron chi connectivity index (χ4n) is 2.89. The summed E-state index contributed by atoms with van der Waals surface area (Å²) in [7, 11) is 0. The van der Waals surface area contributed by atoms with Crippen molar-refractivity contribution in [2.75, 3.05) is 6.61 Å². The Balaban J connectivity index is 1.97. The van der Waals surface area contributed by atoms with Crippen LogP contribution in [-0.2, 0) is 14.4 Å². The van der Waals surface area contributed by atoms with Gasteiger partial charge in [0, 0.05) is 22.9 Å². The lowest BCUT2D eigenvalue weighted by atomic mass is 9.73. The van der Waals surface area contributed by atoms with E-state index in [0.717, 1.165) is 5.56 Å². The monoisotopic (exact) mass is 395 g/mol. The Hall–Kier alpha value is -1.62. The number of carbonyl (C=O) groups is 2. The van der Waals surface area contributed by atoms with Crippen LogP contribution in [0.25, 0.3) is 6.08 Å². The van der Waals surface area contributed by atoms with Crippen LogP contribution in [0.15, 0.2) is 35.5 Å². The zero-order chi connectivity index (χ0) is 19.3. The van der Waals surface area contributed by atoms with Crippen LogP contribution in [0.3, 0.4) is 0 Å². The fourth-order valence-corrected chi connectivity index (χ4v) is 3.36. The van der Waals surface area contributed by atoms with Gasteiger partial charge in [0.25, 0.3) is 0 Å². The van der Waals surface area contributed by atoms with E-state index in [4.69, 9.17) is 28.0 Å². The highest BCUT2D eigenvalue weighted by molar-refractivity contribution is 6.35. The van der Waals surface area contributed by atoms with Gasteiger partial charge in [-0.3, -0.25) is 19.9 Å². The molecule has 1 fully saturated rings. The smallest absolute Gasteiger partial charge is 0.168 e. The van der Waals surface area contributed by atoms with Crippen molar-refractivity contribution < 1.29 is 14.4 Å². The summed E-state index contributed by atoms with van der Waals surface area (Å²) in [5.41, 5.74) is 4.10. The summed E-state index contributed by atoms with van der Waals surface area (Å²) in [4.78, 5) is 30.1. The molecule has 0 saturated heterocycles. The lowest BCUT2D eigenvalue weighted by Gasteiger charge is -2.29. The predicted molar refractivity (Wildman–Crippen MR) is 105 cm³/mol. The summed E-state index contributed by atoms with van der Waals surface area (Å²) < 4.78 is 0. The Morgan fingerprint density at radius 3 is 2.46 bits per heavy atom. The second-order valence-corrected chi connectivity index (χ2v) is 7.90. The van der Waals surface area contributed by atoms with Crippen molar-refractivity contribution >= 4 is 40.8 Å². The number of allylic oxidation sites excluding steroid dienone is 2. The maximum absolute atomic E-state index is 12.3. The molecular formula is C20H23Cl2NO3. The lowest BCUT2D eigenvalue weighted by molar-refractivity contribution is -0.127. The number of ketones is 2. The number of hydroxylamine groups is 1. The molecule has 0 heterocycles. The number of Topliss-reactive ketones (excluding diaryl/α,β-unsaturated/α-hetero) is 2. The molecule has 26 heavy (non-hydrogen) atoms. The van der Waals surface area contributed by atoms with Crippen molar-refractivity contribution in [1.29, 1.82) is 0 Å². The van der Waals surface area contributed by atoms with Crippen molar-refractivity contribution in [2.45, 2.75) is 40.0 Å². The molecule has 0 aliphatic heterocycles. The number of nitrogens with one attached hydrogen (secondary N) is 1. The van der Waals surface area contributed by atoms with Gasteiger partial charge in [-0.25, -0.2) is 0 Å². The van der Waals surface area contributed by atoms with E-state index in [1.54, 1.807) is 18.2 Å². The standard InChI is InChI=1S/C20H23Cl2NO3/c1-4-16(19-17(24)11-20(2,3)12-18(19)25)23-26-9-5-6-13-7-8-14(21)10-15(13)22/h5-8,10,23H,4,9,11-12H2,1-3H3. The van der Waals surface area contributed by atoms with Gasteiger partial charge >= 0.3 is 0 Å². The molecular weight excluding hydrogens is 373 g/mol. The molecule has 0 radical (unpaired) electrons. The molecule has 0 unspecified atom stereocenters. The van der Waals surface area contributed by atoms with E-state index >= 15 is 0 Å². The minimum Gasteiger partial charge on any atom is -0.294 e. The zero-order valence-corrected chi connectivity index (χ0v) is 16.7. The highest BCUT2D eigenvalue weighted by Gasteiger charge is 2.37. The van der Waals surface area contributed by atoms with Crippen LogP contribution in [0, 0.1) is 5.41 Å². The minimum absolute atomic E-state index is 0.123. The maximum atomic E-state index is 12.3. The first-order chi connectivity index (χ1) is 12.2. The van der Waals surface area contributed by atoms with Crippen LogP contribution in [0.2, 0.25) is 10.0 Å². The SMILES string of the molecule is CCC(NOCC=Cc1ccc(Cl)cc1Cl)=C1C(=O)CC(C)(C)CC1=O. The molecule has 0 atom stereocenters. The zero-order valence-electron chi connectivity index (χ0n) is 15.2. The molecule has 140 valence electrons. The van der Waals surface area contributed by atoms with Crippen LogP contribution in [0.1, 0.15) is 45.6 Å². The second-order valence-electron chi connectivity index (χ2n) is 7.05.